The molecule has 3 heterocycles. The van der Waals surface area contributed by atoms with Crippen LogP contribution in [0.4, 0.5) is 4.79 Å². The number of hydrogen-bond acceptors (Lipinski definition) is 7. The fourth-order valence-corrected chi connectivity index (χ4v) is 8.50. The van der Waals surface area contributed by atoms with E-state index < -0.39 is 11.7 Å². The normalized spacial score (nSPS) is 17.6. The summed E-state index contributed by atoms with van der Waals surface area (Å²) < 4.78 is 13.5. The largest absolute Gasteiger partial charge is 0.508 e. The van der Waals surface area contributed by atoms with Gasteiger partial charge in [-0.1, -0.05) is 26.8 Å². The van der Waals surface area contributed by atoms with Crippen molar-refractivity contribution < 1.29 is 23.9 Å². The molecule has 0 saturated carbocycles. The summed E-state index contributed by atoms with van der Waals surface area (Å²) >= 11 is 0. The molecule has 2 aliphatic heterocycles. The maximum Gasteiger partial charge on any atom is 0.419 e. The number of fused-ring (bicyclic) bond motifs is 2. The molecule has 2 aliphatic rings. The molecule has 1 fully saturated rings. The predicted octanol–water partition coefficient (Wildman–Crippen LogP) is 4.65. The Kier molecular flexibility index (Phi) is 8.52. The van der Waals surface area contributed by atoms with E-state index in [0.29, 0.717) is 27.9 Å². The number of phenols is 1. The molecule has 1 atom stereocenters. The minimum Gasteiger partial charge on any atom is -0.508 e. The molecule has 0 spiro atoms. The summed E-state index contributed by atoms with van der Waals surface area (Å²) in [5, 5.41) is 14.1. The van der Waals surface area contributed by atoms with Crippen molar-refractivity contribution in [2.45, 2.75) is 85.7 Å². The van der Waals surface area contributed by atoms with Crippen molar-refractivity contribution in [1.29, 1.82) is 0 Å². The van der Waals surface area contributed by atoms with Gasteiger partial charge in [0.1, 0.15) is 21.8 Å². The van der Waals surface area contributed by atoms with E-state index in [0.717, 1.165) is 54.2 Å². The topological polar surface area (TPSA) is 96.3 Å². The van der Waals surface area contributed by atoms with Crippen molar-refractivity contribution in [2.24, 2.45) is 5.41 Å². The average Bonchev–Trinajstić information content (AvgIpc) is 3.49. The number of carbonyl (C=O) groups excluding carboxylic acids is 2. The summed E-state index contributed by atoms with van der Waals surface area (Å²) in [5.74, 6) is -0.206. The zero-order valence-electron chi connectivity index (χ0n) is 27.7. The summed E-state index contributed by atoms with van der Waals surface area (Å²) in [5.41, 5.74) is 3.25. The minimum absolute atomic E-state index is 0.0582. The van der Waals surface area contributed by atoms with Crippen LogP contribution in [0, 0.1) is 5.41 Å². The molecule has 10 heteroatoms. The Morgan fingerprint density at radius 1 is 1.00 bits per heavy atom. The average molecular weight is 621 g/mol. The number of nitrogens with one attached hydrogen (secondary N) is 1. The quantitative estimate of drug-likeness (QED) is 0.388. The molecule has 1 unspecified atom stereocenters. The molecule has 3 aromatic rings. The number of piperazine rings is 1. The summed E-state index contributed by atoms with van der Waals surface area (Å²) in [6, 6.07) is 11.4. The molecule has 9 nitrogen and oxygen atoms in total. The molecule has 2 aromatic carbocycles. The third-order valence-corrected chi connectivity index (χ3v) is 9.39. The lowest BCUT2D eigenvalue weighted by Crippen LogP contribution is -2.62. The van der Waals surface area contributed by atoms with Crippen LogP contribution >= 0.6 is 0 Å². The van der Waals surface area contributed by atoms with Gasteiger partial charge < -0.3 is 19.6 Å². The first-order chi connectivity index (χ1) is 20.5. The van der Waals surface area contributed by atoms with Gasteiger partial charge in [0.2, 0.25) is 0 Å². The highest BCUT2D eigenvalue weighted by atomic mass is 28.2. The van der Waals surface area contributed by atoms with Gasteiger partial charge in [-0.25, -0.2) is 9.36 Å². The molecule has 44 heavy (non-hydrogen) atoms. The van der Waals surface area contributed by atoms with Gasteiger partial charge in [0.05, 0.1) is 22.9 Å². The van der Waals surface area contributed by atoms with Crippen molar-refractivity contribution in [3.8, 4) is 17.0 Å². The van der Waals surface area contributed by atoms with Gasteiger partial charge in [0.25, 0.3) is 5.91 Å². The van der Waals surface area contributed by atoms with Gasteiger partial charge in [0, 0.05) is 61.3 Å². The number of carbonyl (C=O) groups is 2. The second-order valence-corrected chi connectivity index (χ2v) is 15.3. The van der Waals surface area contributed by atoms with Crippen molar-refractivity contribution in [1.82, 2.24) is 19.7 Å². The molecule has 1 amide bonds. The molecule has 1 aromatic heterocycles. The van der Waals surface area contributed by atoms with E-state index in [1.54, 1.807) is 16.7 Å². The van der Waals surface area contributed by atoms with E-state index in [-0.39, 0.29) is 35.3 Å². The van der Waals surface area contributed by atoms with Gasteiger partial charge in [0.15, 0.2) is 0 Å². The van der Waals surface area contributed by atoms with Crippen LogP contribution < -0.4 is 5.32 Å². The lowest BCUT2D eigenvalue weighted by molar-refractivity contribution is -0.0636. The van der Waals surface area contributed by atoms with Crippen LogP contribution in [0.3, 0.4) is 0 Å². The zero-order valence-corrected chi connectivity index (χ0v) is 29.7. The Morgan fingerprint density at radius 3 is 2.30 bits per heavy atom. The molecule has 0 radical (unpaired) electrons. The van der Waals surface area contributed by atoms with Gasteiger partial charge >= 0.3 is 6.09 Å². The van der Waals surface area contributed by atoms with Crippen LogP contribution in [0.15, 0.2) is 36.4 Å². The first-order valence-corrected chi connectivity index (χ1v) is 16.3. The van der Waals surface area contributed by atoms with Crippen LogP contribution in [-0.4, -0.2) is 85.4 Å². The number of benzene rings is 2. The number of aromatic nitrogens is 1. The number of aromatic hydroxyl groups is 1. The van der Waals surface area contributed by atoms with E-state index in [1.807, 2.05) is 32.9 Å². The lowest BCUT2D eigenvalue weighted by atomic mass is 9.77. The Balaban J connectivity index is 1.43. The second kappa shape index (κ2) is 11.6. The smallest absolute Gasteiger partial charge is 0.419 e. The highest BCUT2D eigenvalue weighted by molar-refractivity contribution is 6.07. The van der Waals surface area contributed by atoms with E-state index in [2.05, 4.69) is 61.9 Å². The Bertz CT molecular complexity index is 1570. The van der Waals surface area contributed by atoms with E-state index in [1.165, 1.54) is 0 Å². The van der Waals surface area contributed by atoms with Crippen LogP contribution in [0.1, 0.15) is 76.9 Å². The first kappa shape index (κ1) is 32.2. The van der Waals surface area contributed by atoms with Crippen LogP contribution in [0.2, 0.25) is 0 Å². The molecular weight excluding hydrogens is 572 g/mol. The van der Waals surface area contributed by atoms with Crippen molar-refractivity contribution in [3.05, 3.63) is 53.1 Å². The van der Waals surface area contributed by atoms with Gasteiger partial charge in [-0.2, -0.15) is 0 Å². The third kappa shape index (κ3) is 6.17. The predicted molar refractivity (Wildman–Crippen MR) is 177 cm³/mol. The molecule has 2 N–H and O–H groups in total. The molecule has 0 aliphatic carbocycles. The number of phenolic OH excluding ortho intramolecular Hbond substituents is 1. The highest BCUT2D eigenvalue weighted by Crippen LogP contribution is 2.38. The monoisotopic (exact) mass is 620 g/mol. The lowest BCUT2D eigenvalue weighted by Gasteiger charge is -2.51. The highest BCUT2D eigenvalue weighted by Gasteiger charge is 2.42. The van der Waals surface area contributed by atoms with Crippen molar-refractivity contribution in [2.75, 3.05) is 26.2 Å². The fourth-order valence-electron chi connectivity index (χ4n) is 7.22. The third-order valence-electron chi connectivity index (χ3n) is 8.92. The molecule has 0 bridgehead atoms. The van der Waals surface area contributed by atoms with E-state index in [4.69, 9.17) is 9.16 Å². The molecule has 238 valence electrons. The second-order valence-electron chi connectivity index (χ2n) is 14.8. The number of amides is 1. The summed E-state index contributed by atoms with van der Waals surface area (Å²) in [7, 11) is 0.717. The fraction of sp³-hybridized carbons (Fsp3) is 0.529. The number of nitrogens with zero attached hydrogens (tertiary/aromatic N) is 3. The van der Waals surface area contributed by atoms with Crippen LogP contribution in [-0.2, 0) is 22.3 Å². The summed E-state index contributed by atoms with van der Waals surface area (Å²) in [6.45, 7) is 21.8. The van der Waals surface area contributed by atoms with E-state index in [9.17, 15) is 14.7 Å². The maximum atomic E-state index is 13.6. The SMILES string of the molecule is CC(C)(C)OC(=O)n1c(-c2ccc(O)c3c2C(=O)NC3)cc2cc(CN3CCN(C(C)(C)C(O[SiH3])C(C)(C)C)CC3)ccc21. The molecular formula is C34H48N4O5Si. The summed E-state index contributed by atoms with van der Waals surface area (Å²) in [4.78, 5) is 31.5. The number of rotatable bonds is 6. The van der Waals surface area contributed by atoms with Crippen LogP contribution in [0.25, 0.3) is 22.2 Å². The van der Waals surface area contributed by atoms with Gasteiger partial charge in [-0.15, -0.1) is 0 Å². The van der Waals surface area contributed by atoms with Gasteiger partial charge in [-0.05, 0) is 75.9 Å². The van der Waals surface area contributed by atoms with Crippen molar-refractivity contribution in [3.63, 3.8) is 0 Å². The minimum atomic E-state index is -0.700. The Hall–Kier alpha value is -3.18. The molecule has 1 saturated heterocycles. The van der Waals surface area contributed by atoms with Crippen LogP contribution in [0.5, 0.6) is 5.75 Å². The van der Waals surface area contributed by atoms with Crippen molar-refractivity contribution >= 4 is 33.4 Å². The maximum absolute atomic E-state index is 13.6. The van der Waals surface area contributed by atoms with E-state index >= 15 is 0 Å². The number of ether oxygens (including phenoxy) is 1. The van der Waals surface area contributed by atoms with Gasteiger partial charge in [-0.3, -0.25) is 14.6 Å². The standard InChI is InChI=1S/C34H48N4O5Si/c1-32(2,3)30(43-44)34(7,8)37-15-13-36(14-16-37)20-21-9-11-25-22(17-21)18-26(38(25)31(41)42-33(4,5)6)23-10-12-27(39)24-19-35-29(40)28(23)24/h9-12,17-18,30,39H,13-16,19-20H2,1-8,44H3,(H,35,40). The first-order valence-electron chi connectivity index (χ1n) is 15.5. The number of hydrogen-bond donors (Lipinski definition) is 2. The summed E-state index contributed by atoms with van der Waals surface area (Å²) in [6.07, 6.45) is -0.346. The Labute approximate surface area is 264 Å². The Morgan fingerprint density at radius 2 is 1.68 bits per heavy atom. The zero-order chi connectivity index (χ0) is 32.2. The molecule has 5 rings (SSSR count).